The lowest BCUT2D eigenvalue weighted by atomic mass is 9.88. The van der Waals surface area contributed by atoms with Gasteiger partial charge in [-0.15, -0.1) is 0 Å². The summed E-state index contributed by atoms with van der Waals surface area (Å²) in [5.41, 5.74) is 1.31. The number of imidazole rings is 1. The number of ether oxygens (including phenoxy) is 1. The number of aromatic amines is 1. The third kappa shape index (κ3) is 2.02. The molecule has 0 aromatic carbocycles. The zero-order valence-electron chi connectivity index (χ0n) is 9.72. The molecule has 1 N–H and O–H groups in total. The maximum Gasteiger partial charge on any atom is 0.161 e. The molecule has 0 bridgehead atoms. The fourth-order valence-corrected chi connectivity index (χ4v) is 1.40. The molecule has 0 atom stereocenters. The molecule has 82 valence electrons. The molecule has 1 saturated heterocycles. The summed E-state index contributed by atoms with van der Waals surface area (Å²) in [6.07, 6.45) is 0. The van der Waals surface area contributed by atoms with Gasteiger partial charge in [-0.1, -0.05) is 13.8 Å². The second-order valence-corrected chi connectivity index (χ2v) is 3.72. The maximum absolute atomic E-state index is 8.72. The van der Waals surface area contributed by atoms with Gasteiger partial charge in [-0.2, -0.15) is 5.26 Å². The third-order valence-corrected chi connectivity index (χ3v) is 2.40. The van der Waals surface area contributed by atoms with Gasteiger partial charge in [0.2, 0.25) is 0 Å². The minimum absolute atomic E-state index is 0.0140. The largest absolute Gasteiger partial charge is 0.379 e. The molecule has 1 aromatic heterocycles. The number of nitriles is 1. The fourth-order valence-electron chi connectivity index (χ4n) is 1.40. The van der Waals surface area contributed by atoms with Crippen LogP contribution in [0.4, 0.5) is 0 Å². The van der Waals surface area contributed by atoms with Crippen molar-refractivity contribution in [1.82, 2.24) is 9.97 Å². The Labute approximate surface area is 90.3 Å². The molecule has 0 radical (unpaired) electrons. The van der Waals surface area contributed by atoms with Crippen molar-refractivity contribution < 1.29 is 4.74 Å². The van der Waals surface area contributed by atoms with Gasteiger partial charge in [0.05, 0.1) is 18.6 Å². The Morgan fingerprint density at radius 1 is 1.47 bits per heavy atom. The molecule has 1 fully saturated rings. The summed E-state index contributed by atoms with van der Waals surface area (Å²) in [4.78, 5) is 7.35. The quantitative estimate of drug-likeness (QED) is 0.765. The van der Waals surface area contributed by atoms with Crippen molar-refractivity contribution in [2.45, 2.75) is 33.1 Å². The van der Waals surface area contributed by atoms with Crippen LogP contribution in [0.5, 0.6) is 0 Å². The van der Waals surface area contributed by atoms with Crippen LogP contribution in [0, 0.1) is 18.3 Å². The van der Waals surface area contributed by atoms with Crippen LogP contribution in [0.3, 0.4) is 0 Å². The van der Waals surface area contributed by atoms with Gasteiger partial charge in [-0.3, -0.25) is 0 Å². The van der Waals surface area contributed by atoms with E-state index in [0.29, 0.717) is 18.9 Å². The molecule has 4 nitrogen and oxygen atoms in total. The van der Waals surface area contributed by atoms with E-state index < -0.39 is 0 Å². The highest BCUT2D eigenvalue weighted by Crippen LogP contribution is 2.29. The van der Waals surface area contributed by atoms with Crippen LogP contribution < -0.4 is 0 Å². The maximum atomic E-state index is 8.72. The molecule has 15 heavy (non-hydrogen) atoms. The second kappa shape index (κ2) is 4.45. The van der Waals surface area contributed by atoms with E-state index in [2.05, 4.69) is 23.0 Å². The zero-order chi connectivity index (χ0) is 11.5. The molecular formula is C11H17N3O. The molecule has 1 aliphatic heterocycles. The normalized spacial score (nSPS) is 17.0. The van der Waals surface area contributed by atoms with Gasteiger partial charge in [0.15, 0.2) is 5.69 Å². The number of rotatable bonds is 1. The molecule has 4 heteroatoms. The monoisotopic (exact) mass is 207 g/mol. The van der Waals surface area contributed by atoms with Crippen molar-refractivity contribution in [3.05, 3.63) is 17.2 Å². The van der Waals surface area contributed by atoms with Crippen molar-refractivity contribution in [1.29, 1.82) is 5.26 Å². The minimum Gasteiger partial charge on any atom is -0.379 e. The van der Waals surface area contributed by atoms with Crippen LogP contribution in [0.15, 0.2) is 0 Å². The average Bonchev–Trinajstić information content (AvgIpc) is 2.59. The number of aromatic nitrogens is 2. The lowest BCUT2D eigenvalue weighted by Crippen LogP contribution is -2.44. The van der Waals surface area contributed by atoms with Gasteiger partial charge in [-0.25, -0.2) is 4.98 Å². The Bertz CT molecular complexity index is 372. The summed E-state index contributed by atoms with van der Waals surface area (Å²) in [5, 5.41) is 8.72. The number of aryl methyl sites for hydroxylation is 1. The third-order valence-electron chi connectivity index (χ3n) is 2.40. The topological polar surface area (TPSA) is 61.7 Å². The standard InChI is InChI=1S/C9H11N3O.C2H6/c1-6-7(3-10)12-8(11-6)9(2)4-13-5-9;1-2/h4-5H2,1-2H3,(H,11,12);1-2H3. The first-order valence-electron chi connectivity index (χ1n) is 5.21. The Kier molecular flexibility index (Phi) is 3.48. The summed E-state index contributed by atoms with van der Waals surface area (Å²) in [5.74, 6) is 0.868. The highest BCUT2D eigenvalue weighted by molar-refractivity contribution is 5.29. The van der Waals surface area contributed by atoms with Gasteiger partial charge in [0.1, 0.15) is 11.9 Å². The fraction of sp³-hybridized carbons (Fsp3) is 0.636. The highest BCUT2D eigenvalue weighted by Gasteiger charge is 2.38. The summed E-state index contributed by atoms with van der Waals surface area (Å²) in [6, 6.07) is 2.05. The van der Waals surface area contributed by atoms with Crippen molar-refractivity contribution in [2.75, 3.05) is 13.2 Å². The molecule has 0 unspecified atom stereocenters. The number of nitrogens with one attached hydrogen (secondary N) is 1. The SMILES string of the molecule is CC.Cc1[nH]c(C2(C)COC2)nc1C#N. The van der Waals surface area contributed by atoms with E-state index in [1.54, 1.807) is 0 Å². The Hall–Kier alpha value is -1.34. The molecule has 0 amide bonds. The van der Waals surface area contributed by atoms with E-state index in [1.165, 1.54) is 0 Å². The first-order chi connectivity index (χ1) is 7.15. The van der Waals surface area contributed by atoms with E-state index >= 15 is 0 Å². The number of nitrogens with zero attached hydrogens (tertiary/aromatic N) is 2. The van der Waals surface area contributed by atoms with Crippen LogP contribution in [-0.2, 0) is 10.2 Å². The van der Waals surface area contributed by atoms with Gasteiger partial charge < -0.3 is 9.72 Å². The predicted octanol–water partition coefficient (Wildman–Crippen LogP) is 1.90. The average molecular weight is 207 g/mol. The molecule has 0 saturated carbocycles. The Morgan fingerprint density at radius 3 is 2.40 bits per heavy atom. The second-order valence-electron chi connectivity index (χ2n) is 3.72. The highest BCUT2D eigenvalue weighted by atomic mass is 16.5. The van der Waals surface area contributed by atoms with Crippen molar-refractivity contribution >= 4 is 0 Å². The van der Waals surface area contributed by atoms with Crippen molar-refractivity contribution in [3.8, 4) is 6.07 Å². The van der Waals surface area contributed by atoms with Crippen molar-refractivity contribution in [2.24, 2.45) is 0 Å². The minimum atomic E-state index is -0.0140. The first-order valence-corrected chi connectivity index (χ1v) is 5.21. The number of H-pyrrole nitrogens is 1. The first kappa shape index (κ1) is 11.7. The molecule has 1 aromatic rings. The lowest BCUT2D eigenvalue weighted by Gasteiger charge is -2.35. The van der Waals surface area contributed by atoms with Crippen LogP contribution in [0.25, 0.3) is 0 Å². The molecule has 2 heterocycles. The zero-order valence-corrected chi connectivity index (χ0v) is 9.72. The van der Waals surface area contributed by atoms with E-state index in [9.17, 15) is 0 Å². The molecule has 2 rings (SSSR count). The smallest absolute Gasteiger partial charge is 0.161 e. The number of hydrogen-bond acceptors (Lipinski definition) is 3. The van der Waals surface area contributed by atoms with Crippen LogP contribution in [-0.4, -0.2) is 23.2 Å². The van der Waals surface area contributed by atoms with E-state index in [0.717, 1.165) is 11.5 Å². The Balaban J connectivity index is 0.000000531. The van der Waals surface area contributed by atoms with Crippen LogP contribution in [0.1, 0.15) is 38.0 Å². The van der Waals surface area contributed by atoms with Crippen LogP contribution >= 0.6 is 0 Å². The van der Waals surface area contributed by atoms with Crippen molar-refractivity contribution in [3.63, 3.8) is 0 Å². The van der Waals surface area contributed by atoms with E-state index in [-0.39, 0.29) is 5.41 Å². The van der Waals surface area contributed by atoms with Gasteiger partial charge in [-0.05, 0) is 13.8 Å². The van der Waals surface area contributed by atoms with E-state index in [1.807, 2.05) is 20.8 Å². The lowest BCUT2D eigenvalue weighted by molar-refractivity contribution is -0.0540. The summed E-state index contributed by atoms with van der Waals surface area (Å²) in [7, 11) is 0. The molecule has 0 spiro atoms. The van der Waals surface area contributed by atoms with Gasteiger partial charge in [0.25, 0.3) is 0 Å². The Morgan fingerprint density at radius 2 is 2.07 bits per heavy atom. The predicted molar refractivity (Wildman–Crippen MR) is 57.6 cm³/mol. The summed E-state index contributed by atoms with van der Waals surface area (Å²) in [6.45, 7) is 9.31. The van der Waals surface area contributed by atoms with E-state index in [4.69, 9.17) is 10.00 Å². The summed E-state index contributed by atoms with van der Waals surface area (Å²) >= 11 is 0. The van der Waals surface area contributed by atoms with Gasteiger partial charge in [0, 0.05) is 5.69 Å². The molecular weight excluding hydrogens is 190 g/mol. The van der Waals surface area contributed by atoms with Gasteiger partial charge >= 0.3 is 0 Å². The van der Waals surface area contributed by atoms with Crippen LogP contribution in [0.2, 0.25) is 0 Å². The molecule has 0 aliphatic carbocycles. The molecule has 1 aliphatic rings. The number of hydrogen-bond donors (Lipinski definition) is 1. The summed E-state index contributed by atoms with van der Waals surface area (Å²) < 4.78 is 5.13.